The number of rotatable bonds is 4. The Bertz CT molecular complexity index is 850. The number of carbonyl (C=O) groups is 1. The summed E-state index contributed by atoms with van der Waals surface area (Å²) >= 11 is 6.28. The lowest BCUT2D eigenvalue weighted by molar-refractivity contribution is -0.165. The van der Waals surface area contributed by atoms with E-state index in [1.807, 2.05) is 6.92 Å². The molecule has 0 bridgehead atoms. The second-order valence-electron chi connectivity index (χ2n) is 5.93. The maximum absolute atomic E-state index is 13.8. The number of Topliss-reactive ketones (excluding diaryl/α,β-unsaturated/α-hetero) is 1. The van der Waals surface area contributed by atoms with E-state index in [1.165, 1.54) is 24.3 Å². The number of hydrogen-bond donors (Lipinski definition) is 1. The number of thioether (sulfide) groups is 1. The molecule has 2 aromatic carbocycles. The van der Waals surface area contributed by atoms with Gasteiger partial charge in [0, 0.05) is 16.1 Å². The molecule has 1 unspecified atom stereocenters. The summed E-state index contributed by atoms with van der Waals surface area (Å²) in [6.07, 6.45) is -5.45. The van der Waals surface area contributed by atoms with Crippen LogP contribution in [0.25, 0.3) is 0 Å². The minimum atomic E-state index is -4.67. The maximum Gasteiger partial charge on any atom is 0.423 e. The minimum Gasteiger partial charge on any atom is -0.294 e. The average Bonchev–Trinajstić information content (AvgIpc) is 3.01. The lowest BCUT2D eigenvalue weighted by Crippen LogP contribution is -2.51. The first-order chi connectivity index (χ1) is 12.2. The Kier molecular flexibility index (Phi) is 5.03. The number of hydrogen-bond acceptors (Lipinski definition) is 4. The Balaban J connectivity index is 1.84. The van der Waals surface area contributed by atoms with E-state index in [9.17, 15) is 18.0 Å². The molecule has 1 aliphatic heterocycles. The molecule has 136 valence electrons. The fourth-order valence-corrected chi connectivity index (χ4v) is 3.64. The molecule has 0 saturated carbocycles. The normalized spacial score (nSPS) is 19.8. The fraction of sp³-hybridized carbons (Fsp3) is 0.222. The van der Waals surface area contributed by atoms with E-state index in [0.717, 1.165) is 5.56 Å². The number of ketones is 1. The van der Waals surface area contributed by atoms with Gasteiger partial charge >= 0.3 is 6.18 Å². The molecule has 8 heteroatoms. The van der Waals surface area contributed by atoms with Crippen LogP contribution in [-0.2, 0) is 0 Å². The van der Waals surface area contributed by atoms with E-state index in [1.54, 1.807) is 24.3 Å². The third kappa shape index (κ3) is 3.73. The quantitative estimate of drug-likeness (QED) is 0.722. The van der Waals surface area contributed by atoms with Gasteiger partial charge in [-0.25, -0.2) is 0 Å². The van der Waals surface area contributed by atoms with E-state index in [-0.39, 0.29) is 10.6 Å². The van der Waals surface area contributed by atoms with E-state index in [2.05, 4.69) is 10.5 Å². The zero-order valence-corrected chi connectivity index (χ0v) is 15.2. The highest BCUT2D eigenvalue weighted by molar-refractivity contribution is 8.15. The summed E-state index contributed by atoms with van der Waals surface area (Å²) in [6.45, 7) is 1.89. The van der Waals surface area contributed by atoms with Gasteiger partial charge in [-0.1, -0.05) is 53.2 Å². The van der Waals surface area contributed by atoms with Gasteiger partial charge < -0.3 is 0 Å². The number of nitrogens with zero attached hydrogens (tertiary/aromatic N) is 1. The summed E-state index contributed by atoms with van der Waals surface area (Å²) in [6, 6.07) is 12.8. The number of aryl methyl sites for hydroxylation is 1. The first-order valence-corrected chi connectivity index (χ1v) is 8.86. The van der Waals surface area contributed by atoms with Crippen LogP contribution >= 0.6 is 23.4 Å². The highest BCUT2D eigenvalue weighted by atomic mass is 35.5. The first kappa shape index (κ1) is 18.8. The van der Waals surface area contributed by atoms with Crippen LogP contribution in [0.4, 0.5) is 13.2 Å². The van der Waals surface area contributed by atoms with Crippen LogP contribution in [0.1, 0.15) is 27.9 Å². The highest BCUT2D eigenvalue weighted by Crippen LogP contribution is 2.47. The van der Waals surface area contributed by atoms with Crippen LogP contribution in [0.15, 0.2) is 53.6 Å². The van der Waals surface area contributed by atoms with Crippen molar-refractivity contribution in [2.45, 2.75) is 24.4 Å². The molecule has 26 heavy (non-hydrogen) atoms. The summed E-state index contributed by atoms with van der Waals surface area (Å²) in [7, 11) is 0. The molecule has 1 atom stereocenters. The monoisotopic (exact) mass is 398 g/mol. The average molecular weight is 399 g/mol. The predicted octanol–water partition coefficient (Wildman–Crippen LogP) is 5.18. The lowest BCUT2D eigenvalue weighted by Gasteiger charge is -2.29. The Morgan fingerprint density at radius 1 is 1.15 bits per heavy atom. The summed E-state index contributed by atoms with van der Waals surface area (Å²) in [5.74, 6) is -0.639. The molecule has 0 aromatic heterocycles. The van der Waals surface area contributed by atoms with Crippen molar-refractivity contribution >= 4 is 34.2 Å². The molecule has 2 aromatic rings. The third-order valence-corrected chi connectivity index (χ3v) is 5.53. The van der Waals surface area contributed by atoms with Crippen LogP contribution in [-0.4, -0.2) is 21.9 Å². The van der Waals surface area contributed by atoms with Crippen molar-refractivity contribution in [3.63, 3.8) is 0 Å². The molecule has 1 aliphatic rings. The van der Waals surface area contributed by atoms with E-state index in [4.69, 9.17) is 11.6 Å². The van der Waals surface area contributed by atoms with Crippen LogP contribution in [0.2, 0.25) is 5.02 Å². The second-order valence-corrected chi connectivity index (χ2v) is 7.65. The van der Waals surface area contributed by atoms with Gasteiger partial charge in [-0.05, 0) is 31.2 Å². The van der Waals surface area contributed by atoms with Gasteiger partial charge in [0.1, 0.15) is 5.04 Å². The van der Waals surface area contributed by atoms with Crippen LogP contribution in [0.5, 0.6) is 0 Å². The van der Waals surface area contributed by atoms with Crippen LogP contribution in [0.3, 0.4) is 0 Å². The molecular weight excluding hydrogens is 385 g/mol. The molecule has 0 fully saturated rings. The number of hydrazone groups is 1. The zero-order valence-electron chi connectivity index (χ0n) is 13.6. The standard InChI is InChI=1S/C18H14ClF3N2OS/c1-11-2-4-13(5-3-11)16-23-24-17(26-16,18(20,21)22)10-15(25)12-6-8-14(19)9-7-12/h2-9,24H,10H2,1H3. The van der Waals surface area contributed by atoms with Gasteiger partial charge in [-0.15, -0.1) is 0 Å². The van der Waals surface area contributed by atoms with Gasteiger partial charge in [0.2, 0.25) is 4.87 Å². The molecule has 0 saturated heterocycles. The molecule has 3 rings (SSSR count). The Morgan fingerprint density at radius 2 is 1.77 bits per heavy atom. The van der Waals surface area contributed by atoms with Crippen LogP contribution in [0, 0.1) is 6.92 Å². The highest BCUT2D eigenvalue weighted by Gasteiger charge is 2.60. The lowest BCUT2D eigenvalue weighted by atomic mass is 10.0. The largest absolute Gasteiger partial charge is 0.423 e. The topological polar surface area (TPSA) is 41.5 Å². The van der Waals surface area contributed by atoms with Gasteiger partial charge in [0.15, 0.2) is 5.78 Å². The van der Waals surface area contributed by atoms with Crippen molar-refractivity contribution in [2.75, 3.05) is 0 Å². The first-order valence-electron chi connectivity index (χ1n) is 7.67. The van der Waals surface area contributed by atoms with Gasteiger partial charge in [0.05, 0.1) is 6.42 Å². The minimum absolute atomic E-state index is 0.171. The van der Waals surface area contributed by atoms with Gasteiger partial charge in [0.25, 0.3) is 0 Å². The predicted molar refractivity (Wildman–Crippen MR) is 97.6 cm³/mol. The Morgan fingerprint density at radius 3 is 2.35 bits per heavy atom. The summed E-state index contributed by atoms with van der Waals surface area (Å²) in [5.41, 5.74) is 3.89. The molecule has 1 heterocycles. The molecule has 0 spiro atoms. The van der Waals surface area contributed by atoms with Crippen LogP contribution < -0.4 is 5.43 Å². The summed E-state index contributed by atoms with van der Waals surface area (Å²) in [5, 5.41) is 4.46. The Hall–Kier alpha value is -1.99. The molecular formula is C18H14ClF3N2OS. The van der Waals surface area contributed by atoms with Crippen molar-refractivity contribution in [1.82, 2.24) is 5.43 Å². The number of carbonyl (C=O) groups excluding carboxylic acids is 1. The number of alkyl halides is 3. The van der Waals surface area contributed by atoms with Crippen molar-refractivity contribution in [3.05, 3.63) is 70.2 Å². The van der Waals surface area contributed by atoms with Crippen molar-refractivity contribution in [3.8, 4) is 0 Å². The summed E-state index contributed by atoms with van der Waals surface area (Å²) < 4.78 is 41.3. The molecule has 3 nitrogen and oxygen atoms in total. The fourth-order valence-electron chi connectivity index (χ4n) is 2.43. The van der Waals surface area contributed by atoms with Gasteiger partial charge in [-0.3, -0.25) is 10.2 Å². The van der Waals surface area contributed by atoms with E-state index >= 15 is 0 Å². The number of benzene rings is 2. The van der Waals surface area contributed by atoms with Crippen molar-refractivity contribution < 1.29 is 18.0 Å². The SMILES string of the molecule is Cc1ccc(C2=NNC(CC(=O)c3ccc(Cl)cc3)(C(F)(F)F)S2)cc1. The second kappa shape index (κ2) is 6.96. The molecule has 0 radical (unpaired) electrons. The molecule has 1 N–H and O–H groups in total. The number of nitrogens with one attached hydrogen (secondary N) is 1. The van der Waals surface area contributed by atoms with Crippen molar-refractivity contribution in [1.29, 1.82) is 0 Å². The number of halogens is 4. The smallest absolute Gasteiger partial charge is 0.294 e. The molecule has 0 amide bonds. The van der Waals surface area contributed by atoms with E-state index < -0.39 is 23.3 Å². The third-order valence-electron chi connectivity index (χ3n) is 3.94. The Labute approximate surface area is 157 Å². The summed E-state index contributed by atoms with van der Waals surface area (Å²) in [4.78, 5) is 9.91. The maximum atomic E-state index is 13.8. The van der Waals surface area contributed by atoms with Gasteiger partial charge in [-0.2, -0.15) is 18.3 Å². The molecule has 0 aliphatic carbocycles. The zero-order chi connectivity index (χ0) is 18.9. The van der Waals surface area contributed by atoms with Crippen molar-refractivity contribution in [2.24, 2.45) is 5.10 Å². The van der Waals surface area contributed by atoms with E-state index in [0.29, 0.717) is 22.3 Å².